The molecule has 1 heterocycles. The molecule has 156 valence electrons. The SMILES string of the molecule is CC=CCOC(=O)c1ccc2c(OCC)nc(-c3ccc(C(C)(C)C)cc3)cc2c1. The predicted molar refractivity (Wildman–Crippen MR) is 122 cm³/mol. The van der Waals surface area contributed by atoms with E-state index in [0.29, 0.717) is 18.1 Å². The van der Waals surface area contributed by atoms with Crippen molar-refractivity contribution in [3.8, 4) is 17.1 Å². The molecule has 30 heavy (non-hydrogen) atoms. The van der Waals surface area contributed by atoms with Crippen molar-refractivity contribution in [2.24, 2.45) is 0 Å². The van der Waals surface area contributed by atoms with Crippen LogP contribution in [-0.2, 0) is 10.2 Å². The first kappa shape index (κ1) is 21.6. The second-order valence-corrected chi connectivity index (χ2v) is 8.18. The maximum Gasteiger partial charge on any atom is 0.338 e. The lowest BCUT2D eigenvalue weighted by atomic mass is 9.86. The molecule has 0 radical (unpaired) electrons. The second-order valence-electron chi connectivity index (χ2n) is 8.18. The zero-order chi connectivity index (χ0) is 21.7. The summed E-state index contributed by atoms with van der Waals surface area (Å²) in [5.74, 6) is 0.222. The van der Waals surface area contributed by atoms with Crippen LogP contribution in [0.1, 0.15) is 50.5 Å². The fourth-order valence-corrected chi connectivity index (χ4v) is 3.19. The van der Waals surface area contributed by atoms with E-state index in [1.807, 2.05) is 38.1 Å². The highest BCUT2D eigenvalue weighted by molar-refractivity contribution is 5.98. The van der Waals surface area contributed by atoms with Gasteiger partial charge in [-0.05, 0) is 54.5 Å². The molecule has 0 aliphatic carbocycles. The number of pyridine rings is 1. The Labute approximate surface area is 178 Å². The fourth-order valence-electron chi connectivity index (χ4n) is 3.19. The summed E-state index contributed by atoms with van der Waals surface area (Å²) in [5.41, 5.74) is 3.68. The maximum absolute atomic E-state index is 12.4. The summed E-state index contributed by atoms with van der Waals surface area (Å²) < 4.78 is 11.1. The largest absolute Gasteiger partial charge is 0.478 e. The molecule has 0 aliphatic heterocycles. The van der Waals surface area contributed by atoms with E-state index in [-0.39, 0.29) is 18.0 Å². The van der Waals surface area contributed by atoms with Gasteiger partial charge in [0.15, 0.2) is 0 Å². The Morgan fingerprint density at radius 3 is 2.43 bits per heavy atom. The van der Waals surface area contributed by atoms with Crippen LogP contribution in [0.3, 0.4) is 0 Å². The first-order chi connectivity index (χ1) is 14.3. The lowest BCUT2D eigenvalue weighted by Crippen LogP contribution is -2.10. The summed E-state index contributed by atoms with van der Waals surface area (Å²) in [6.45, 7) is 11.2. The summed E-state index contributed by atoms with van der Waals surface area (Å²) in [4.78, 5) is 17.1. The molecule has 0 unspecified atom stereocenters. The molecular formula is C26H29NO3. The third-order valence-electron chi connectivity index (χ3n) is 4.91. The van der Waals surface area contributed by atoms with Crippen molar-refractivity contribution in [2.45, 2.75) is 40.0 Å². The number of benzene rings is 2. The van der Waals surface area contributed by atoms with Crippen molar-refractivity contribution >= 4 is 16.7 Å². The zero-order valence-corrected chi connectivity index (χ0v) is 18.4. The van der Waals surface area contributed by atoms with Crippen LogP contribution >= 0.6 is 0 Å². The van der Waals surface area contributed by atoms with Gasteiger partial charge in [-0.25, -0.2) is 9.78 Å². The van der Waals surface area contributed by atoms with Crippen LogP contribution < -0.4 is 4.74 Å². The van der Waals surface area contributed by atoms with E-state index in [0.717, 1.165) is 22.0 Å². The second kappa shape index (κ2) is 9.12. The number of hydrogen-bond donors (Lipinski definition) is 0. The number of hydrogen-bond acceptors (Lipinski definition) is 4. The van der Waals surface area contributed by atoms with Crippen molar-refractivity contribution in [1.82, 2.24) is 4.98 Å². The maximum atomic E-state index is 12.4. The molecule has 2 aromatic carbocycles. The lowest BCUT2D eigenvalue weighted by molar-refractivity contribution is 0.0549. The quantitative estimate of drug-likeness (QED) is 0.356. The number of carbonyl (C=O) groups excluding carboxylic acids is 1. The van der Waals surface area contributed by atoms with Crippen molar-refractivity contribution in [3.05, 3.63) is 71.8 Å². The molecule has 3 aromatic rings. The number of fused-ring (bicyclic) bond motifs is 1. The number of carbonyl (C=O) groups is 1. The average Bonchev–Trinajstić information content (AvgIpc) is 2.73. The molecule has 0 saturated heterocycles. The molecule has 0 aliphatic rings. The number of aromatic nitrogens is 1. The molecular weight excluding hydrogens is 374 g/mol. The summed E-state index contributed by atoms with van der Waals surface area (Å²) in [7, 11) is 0. The van der Waals surface area contributed by atoms with Crippen LogP contribution in [0.25, 0.3) is 22.0 Å². The number of rotatable bonds is 6. The number of allylic oxidation sites excluding steroid dienone is 1. The lowest BCUT2D eigenvalue weighted by Gasteiger charge is -2.19. The molecule has 4 nitrogen and oxygen atoms in total. The summed E-state index contributed by atoms with van der Waals surface area (Å²) >= 11 is 0. The fraction of sp³-hybridized carbons (Fsp3) is 0.308. The molecule has 0 bridgehead atoms. The van der Waals surface area contributed by atoms with E-state index < -0.39 is 0 Å². The van der Waals surface area contributed by atoms with E-state index in [2.05, 4.69) is 45.0 Å². The number of ether oxygens (including phenoxy) is 2. The van der Waals surface area contributed by atoms with Crippen molar-refractivity contribution in [2.75, 3.05) is 13.2 Å². The van der Waals surface area contributed by atoms with Gasteiger partial charge < -0.3 is 9.47 Å². The normalized spacial score (nSPS) is 11.8. The third kappa shape index (κ3) is 4.88. The minimum Gasteiger partial charge on any atom is -0.478 e. The van der Waals surface area contributed by atoms with Crippen LogP contribution in [0.2, 0.25) is 0 Å². The minimum atomic E-state index is -0.346. The minimum absolute atomic E-state index is 0.0913. The Kier molecular flexibility index (Phi) is 6.56. The molecule has 1 aromatic heterocycles. The smallest absolute Gasteiger partial charge is 0.338 e. The summed E-state index contributed by atoms with van der Waals surface area (Å²) in [5, 5.41) is 1.76. The molecule has 0 saturated carbocycles. The Morgan fingerprint density at radius 1 is 1.07 bits per heavy atom. The van der Waals surface area contributed by atoms with Crippen molar-refractivity contribution in [3.63, 3.8) is 0 Å². The highest BCUT2D eigenvalue weighted by Crippen LogP contribution is 2.31. The van der Waals surface area contributed by atoms with Gasteiger partial charge in [0.05, 0.1) is 17.9 Å². The van der Waals surface area contributed by atoms with Gasteiger partial charge in [-0.3, -0.25) is 0 Å². The van der Waals surface area contributed by atoms with Crippen LogP contribution in [0.4, 0.5) is 0 Å². The Bertz CT molecular complexity index is 1060. The number of esters is 1. The highest BCUT2D eigenvalue weighted by atomic mass is 16.5. The van der Waals surface area contributed by atoms with E-state index in [1.54, 1.807) is 12.1 Å². The van der Waals surface area contributed by atoms with Gasteiger partial charge >= 0.3 is 5.97 Å². The van der Waals surface area contributed by atoms with E-state index in [4.69, 9.17) is 14.5 Å². The van der Waals surface area contributed by atoms with E-state index in [9.17, 15) is 4.79 Å². The Morgan fingerprint density at radius 2 is 1.80 bits per heavy atom. The van der Waals surface area contributed by atoms with Gasteiger partial charge in [0, 0.05) is 10.9 Å². The van der Waals surface area contributed by atoms with Gasteiger partial charge in [-0.2, -0.15) is 0 Å². The zero-order valence-electron chi connectivity index (χ0n) is 18.4. The molecule has 3 rings (SSSR count). The standard InChI is InChI=1S/C26H29NO3/c1-6-8-15-30-25(28)19-11-14-22-20(16-19)17-23(27-24(22)29-7-2)18-9-12-21(13-10-18)26(3,4)5/h6,8-14,16-17H,7,15H2,1-5H3. The summed E-state index contributed by atoms with van der Waals surface area (Å²) in [6, 6.07) is 15.9. The molecule has 0 N–H and O–H groups in total. The van der Waals surface area contributed by atoms with Gasteiger partial charge in [0.25, 0.3) is 0 Å². The van der Waals surface area contributed by atoms with Gasteiger partial charge in [-0.1, -0.05) is 57.2 Å². The van der Waals surface area contributed by atoms with E-state index >= 15 is 0 Å². The predicted octanol–water partition coefficient (Wildman–Crippen LogP) is 6.33. The first-order valence-corrected chi connectivity index (χ1v) is 10.3. The van der Waals surface area contributed by atoms with Crippen LogP contribution in [-0.4, -0.2) is 24.2 Å². The molecule has 0 spiro atoms. The monoisotopic (exact) mass is 403 g/mol. The molecule has 0 atom stereocenters. The van der Waals surface area contributed by atoms with Crippen molar-refractivity contribution < 1.29 is 14.3 Å². The molecule has 0 amide bonds. The van der Waals surface area contributed by atoms with Crippen LogP contribution in [0, 0.1) is 0 Å². The van der Waals surface area contributed by atoms with Crippen LogP contribution in [0.5, 0.6) is 5.88 Å². The average molecular weight is 404 g/mol. The van der Waals surface area contributed by atoms with Crippen molar-refractivity contribution in [1.29, 1.82) is 0 Å². The van der Waals surface area contributed by atoms with Gasteiger partial charge in [-0.15, -0.1) is 0 Å². The first-order valence-electron chi connectivity index (χ1n) is 10.3. The topological polar surface area (TPSA) is 48.4 Å². The van der Waals surface area contributed by atoms with Crippen LogP contribution in [0.15, 0.2) is 60.7 Å². The number of nitrogens with zero attached hydrogens (tertiary/aromatic N) is 1. The Balaban J connectivity index is 2.03. The van der Waals surface area contributed by atoms with Gasteiger partial charge in [0.1, 0.15) is 6.61 Å². The van der Waals surface area contributed by atoms with E-state index in [1.165, 1.54) is 5.56 Å². The molecule has 0 fully saturated rings. The highest BCUT2D eigenvalue weighted by Gasteiger charge is 2.15. The Hall–Kier alpha value is -3.14. The third-order valence-corrected chi connectivity index (χ3v) is 4.91. The van der Waals surface area contributed by atoms with Gasteiger partial charge in [0.2, 0.25) is 5.88 Å². The summed E-state index contributed by atoms with van der Waals surface area (Å²) in [6.07, 6.45) is 3.65. The molecule has 4 heteroatoms.